The van der Waals surface area contributed by atoms with Crippen LogP contribution in [0, 0.1) is 10.1 Å². The Morgan fingerprint density at radius 3 is 2.85 bits per heavy atom. The molecule has 0 bridgehead atoms. The van der Waals surface area contributed by atoms with Gasteiger partial charge in [0, 0.05) is 36.8 Å². The quantitative estimate of drug-likeness (QED) is 0.265. The average Bonchev–Trinajstić information content (AvgIpc) is 3.03. The fourth-order valence-corrected chi connectivity index (χ4v) is 3.16. The number of nitrogens with zero attached hydrogens (tertiary/aromatic N) is 6. The lowest BCUT2D eigenvalue weighted by molar-refractivity contribution is -0.384. The van der Waals surface area contributed by atoms with Gasteiger partial charge in [-0.15, -0.1) is 0 Å². The highest BCUT2D eigenvalue weighted by Crippen LogP contribution is 2.32. The fraction of sp³-hybridized carbons (Fsp3) is 0.357. The summed E-state index contributed by atoms with van der Waals surface area (Å²) in [6.07, 6.45) is 0. The summed E-state index contributed by atoms with van der Waals surface area (Å²) in [7, 11) is 0. The number of nitro groups is 1. The van der Waals surface area contributed by atoms with Gasteiger partial charge in [0.2, 0.25) is 5.84 Å². The number of nitrogen functional groups attached to an aromatic ring is 1. The Labute approximate surface area is 152 Å². The van der Waals surface area contributed by atoms with Crippen LogP contribution in [0.15, 0.2) is 28.0 Å². The SMILES string of the molecule is C[C@@H]1CN(c2ccc(Cl)cc2[N+](=O)[O-])CCN1/C(=N/O)c1nonc1N. The molecule has 11 nitrogen and oxygen atoms in total. The van der Waals surface area contributed by atoms with Crippen molar-refractivity contribution < 1.29 is 14.8 Å². The number of hydrogen-bond acceptors (Lipinski definition) is 9. The molecule has 3 N–H and O–H groups in total. The summed E-state index contributed by atoms with van der Waals surface area (Å²) in [4.78, 5) is 14.5. The Morgan fingerprint density at radius 1 is 1.50 bits per heavy atom. The average molecular weight is 382 g/mol. The Bertz CT molecular complexity index is 856. The van der Waals surface area contributed by atoms with Crippen molar-refractivity contribution in [1.82, 2.24) is 15.2 Å². The van der Waals surface area contributed by atoms with Gasteiger partial charge in [0.1, 0.15) is 5.69 Å². The standard InChI is InChI=1S/C14H16ClN7O4/c1-8-7-20(10-3-2-9(15)6-11(10)22(24)25)4-5-21(8)14(17-23)12-13(16)19-26-18-12/h2-3,6,8,23H,4-5,7H2,1H3,(H2,16,19)/b17-14+/t8-/m1/s1. The van der Waals surface area contributed by atoms with E-state index in [4.69, 9.17) is 17.3 Å². The monoisotopic (exact) mass is 381 g/mol. The lowest BCUT2D eigenvalue weighted by atomic mass is 10.1. The number of nitro benzene ring substituents is 1. The summed E-state index contributed by atoms with van der Waals surface area (Å²) in [6, 6.07) is 4.42. The van der Waals surface area contributed by atoms with E-state index in [2.05, 4.69) is 20.1 Å². The molecule has 1 saturated heterocycles. The number of halogens is 1. The first-order valence-electron chi connectivity index (χ1n) is 7.68. The first-order chi connectivity index (χ1) is 12.4. The van der Waals surface area contributed by atoms with Crippen LogP contribution in [-0.4, -0.2) is 56.9 Å². The van der Waals surface area contributed by atoms with Crippen LogP contribution in [0.1, 0.15) is 12.6 Å². The van der Waals surface area contributed by atoms with Gasteiger partial charge in [-0.25, -0.2) is 4.63 Å². The van der Waals surface area contributed by atoms with Gasteiger partial charge in [0.05, 0.1) is 4.92 Å². The van der Waals surface area contributed by atoms with E-state index in [1.807, 2.05) is 11.8 Å². The molecule has 26 heavy (non-hydrogen) atoms. The largest absolute Gasteiger partial charge is 0.409 e. The minimum absolute atomic E-state index is 0.0146. The first kappa shape index (κ1) is 17.7. The summed E-state index contributed by atoms with van der Waals surface area (Å²) in [5.41, 5.74) is 6.24. The Balaban J connectivity index is 1.83. The lowest BCUT2D eigenvalue weighted by Gasteiger charge is -2.41. The van der Waals surface area contributed by atoms with Gasteiger partial charge < -0.3 is 20.7 Å². The Kier molecular flexibility index (Phi) is 4.80. The molecule has 0 amide bonds. The van der Waals surface area contributed by atoms with Crippen molar-refractivity contribution in [3.05, 3.63) is 39.0 Å². The maximum Gasteiger partial charge on any atom is 0.294 e. The number of benzene rings is 1. The van der Waals surface area contributed by atoms with E-state index in [-0.39, 0.29) is 29.1 Å². The molecule has 1 aromatic heterocycles. The van der Waals surface area contributed by atoms with Crippen molar-refractivity contribution in [3.8, 4) is 0 Å². The topological polar surface area (TPSA) is 147 Å². The van der Waals surface area contributed by atoms with Crippen molar-refractivity contribution in [2.24, 2.45) is 5.16 Å². The maximum atomic E-state index is 11.3. The van der Waals surface area contributed by atoms with Crippen molar-refractivity contribution >= 4 is 34.6 Å². The molecule has 0 saturated carbocycles. The van der Waals surface area contributed by atoms with Crippen LogP contribution < -0.4 is 10.6 Å². The number of oxime groups is 1. The molecule has 3 rings (SSSR count). The molecule has 0 aliphatic carbocycles. The zero-order valence-electron chi connectivity index (χ0n) is 13.7. The molecule has 2 aromatic rings. The van der Waals surface area contributed by atoms with Crippen LogP contribution in [0.2, 0.25) is 5.02 Å². The molecule has 0 radical (unpaired) electrons. The van der Waals surface area contributed by atoms with Gasteiger partial charge in [-0.2, -0.15) is 0 Å². The molecule has 138 valence electrons. The van der Waals surface area contributed by atoms with Crippen LogP contribution in [0.25, 0.3) is 0 Å². The summed E-state index contributed by atoms with van der Waals surface area (Å²) in [5.74, 6) is 0.155. The molecule has 1 aromatic carbocycles. The molecule has 1 aliphatic rings. The lowest BCUT2D eigenvalue weighted by Crippen LogP contribution is -2.54. The van der Waals surface area contributed by atoms with Gasteiger partial charge in [0.25, 0.3) is 5.69 Å². The number of amidine groups is 1. The van der Waals surface area contributed by atoms with E-state index in [1.54, 1.807) is 17.0 Å². The van der Waals surface area contributed by atoms with Crippen molar-refractivity contribution in [2.45, 2.75) is 13.0 Å². The highest BCUT2D eigenvalue weighted by Gasteiger charge is 2.32. The maximum absolute atomic E-state index is 11.3. The van der Waals surface area contributed by atoms with E-state index in [0.29, 0.717) is 30.3 Å². The van der Waals surface area contributed by atoms with Crippen LogP contribution in [0.5, 0.6) is 0 Å². The number of rotatable bonds is 3. The van der Waals surface area contributed by atoms with Crippen molar-refractivity contribution in [3.63, 3.8) is 0 Å². The third-order valence-corrected chi connectivity index (χ3v) is 4.43. The summed E-state index contributed by atoms with van der Waals surface area (Å²) in [5, 5.41) is 31.4. The van der Waals surface area contributed by atoms with Gasteiger partial charge in [-0.1, -0.05) is 16.8 Å². The Hall–Kier alpha value is -3.08. The number of nitrogens with two attached hydrogens (primary N) is 1. The third kappa shape index (κ3) is 3.20. The second-order valence-corrected chi connectivity index (χ2v) is 6.24. The minimum Gasteiger partial charge on any atom is -0.409 e. The molecule has 12 heteroatoms. The predicted octanol–water partition coefficient (Wildman–Crippen LogP) is 1.56. The fourth-order valence-electron chi connectivity index (χ4n) is 2.99. The van der Waals surface area contributed by atoms with Crippen molar-refractivity contribution in [2.75, 3.05) is 30.3 Å². The first-order valence-corrected chi connectivity index (χ1v) is 8.06. The summed E-state index contributed by atoms with van der Waals surface area (Å²) in [6.45, 7) is 3.22. The zero-order chi connectivity index (χ0) is 18.8. The predicted molar refractivity (Wildman–Crippen MR) is 93.5 cm³/mol. The van der Waals surface area contributed by atoms with Crippen LogP contribution in [0.4, 0.5) is 17.2 Å². The highest BCUT2D eigenvalue weighted by atomic mass is 35.5. The third-order valence-electron chi connectivity index (χ3n) is 4.19. The zero-order valence-corrected chi connectivity index (χ0v) is 14.5. The number of hydrogen-bond donors (Lipinski definition) is 2. The van der Waals surface area contributed by atoms with Gasteiger partial charge >= 0.3 is 0 Å². The molecule has 0 spiro atoms. The molecular weight excluding hydrogens is 366 g/mol. The van der Waals surface area contributed by atoms with Crippen LogP contribution >= 0.6 is 11.6 Å². The van der Waals surface area contributed by atoms with E-state index in [0.717, 1.165) is 0 Å². The molecular formula is C14H16ClN7O4. The second-order valence-electron chi connectivity index (χ2n) is 5.80. The van der Waals surface area contributed by atoms with Crippen molar-refractivity contribution in [1.29, 1.82) is 0 Å². The summed E-state index contributed by atoms with van der Waals surface area (Å²) >= 11 is 5.88. The number of aromatic nitrogens is 2. The smallest absolute Gasteiger partial charge is 0.294 e. The minimum atomic E-state index is -0.458. The second kappa shape index (κ2) is 7.04. The Morgan fingerprint density at radius 2 is 2.27 bits per heavy atom. The van der Waals surface area contributed by atoms with E-state index < -0.39 is 4.92 Å². The molecule has 0 unspecified atom stereocenters. The molecule has 1 aliphatic heterocycles. The molecule has 1 fully saturated rings. The van der Waals surface area contributed by atoms with E-state index in [9.17, 15) is 15.3 Å². The van der Waals surface area contributed by atoms with E-state index >= 15 is 0 Å². The molecule has 2 heterocycles. The number of piperazine rings is 1. The molecule has 1 atom stereocenters. The van der Waals surface area contributed by atoms with Gasteiger partial charge in [-0.3, -0.25) is 10.1 Å². The van der Waals surface area contributed by atoms with Crippen LogP contribution in [0.3, 0.4) is 0 Å². The van der Waals surface area contributed by atoms with Gasteiger partial charge in [0.15, 0.2) is 11.5 Å². The summed E-state index contributed by atoms with van der Waals surface area (Å²) < 4.78 is 4.56. The van der Waals surface area contributed by atoms with Crippen LogP contribution in [-0.2, 0) is 0 Å². The number of anilines is 2. The highest BCUT2D eigenvalue weighted by molar-refractivity contribution is 6.30. The van der Waals surface area contributed by atoms with Gasteiger partial charge in [-0.05, 0) is 29.4 Å². The normalized spacial score (nSPS) is 18.2. The van der Waals surface area contributed by atoms with E-state index in [1.165, 1.54) is 6.07 Å².